The molecule has 2 heterocycles. The molecule has 0 unspecified atom stereocenters. The van der Waals surface area contributed by atoms with Crippen LogP contribution in [0.15, 0.2) is 29.7 Å². The van der Waals surface area contributed by atoms with E-state index in [0.29, 0.717) is 12.4 Å². The Morgan fingerprint density at radius 3 is 2.62 bits per heavy atom. The van der Waals surface area contributed by atoms with Crippen LogP contribution in [0.3, 0.4) is 0 Å². The number of aromatic nitrogens is 4. The maximum absolute atomic E-state index is 12.1. The highest BCUT2D eigenvalue weighted by Gasteiger charge is 2.16. The van der Waals surface area contributed by atoms with Gasteiger partial charge in [-0.15, -0.1) is 0 Å². The summed E-state index contributed by atoms with van der Waals surface area (Å²) < 4.78 is 28.1. The van der Waals surface area contributed by atoms with Crippen molar-refractivity contribution in [3.8, 4) is 0 Å². The topological polar surface area (TPSA) is 102 Å². The van der Waals surface area contributed by atoms with E-state index in [1.807, 2.05) is 6.92 Å². The third-order valence-electron chi connectivity index (χ3n) is 2.72. The van der Waals surface area contributed by atoms with E-state index in [1.165, 1.54) is 17.1 Å². The fourth-order valence-corrected chi connectivity index (χ4v) is 2.55. The van der Waals surface area contributed by atoms with Crippen LogP contribution in [0.1, 0.15) is 18.3 Å². The van der Waals surface area contributed by atoms with E-state index in [9.17, 15) is 8.42 Å². The lowest BCUT2D eigenvalue weighted by atomic mass is 10.3. The van der Waals surface area contributed by atoms with Gasteiger partial charge in [-0.1, -0.05) is 13.0 Å². The van der Waals surface area contributed by atoms with Crippen LogP contribution in [0, 0.1) is 0 Å². The molecular weight excluding hydrogens is 292 g/mol. The minimum Gasteiger partial charge on any atom is -0.313 e. The zero-order valence-corrected chi connectivity index (χ0v) is 12.8. The number of pyridine rings is 1. The van der Waals surface area contributed by atoms with E-state index in [1.54, 1.807) is 19.3 Å². The molecule has 0 atom stereocenters. The van der Waals surface area contributed by atoms with Crippen LogP contribution >= 0.6 is 0 Å². The fraction of sp³-hybridized carbons (Fsp3) is 0.417. The van der Waals surface area contributed by atoms with Crippen molar-refractivity contribution in [2.75, 3.05) is 6.54 Å². The Morgan fingerprint density at radius 2 is 2.05 bits per heavy atom. The molecule has 0 saturated carbocycles. The molecule has 0 radical (unpaired) electrons. The maximum atomic E-state index is 12.1. The van der Waals surface area contributed by atoms with E-state index in [2.05, 4.69) is 25.1 Å². The van der Waals surface area contributed by atoms with Gasteiger partial charge in [-0.05, 0) is 18.2 Å². The third kappa shape index (κ3) is 4.31. The Kier molecular flexibility index (Phi) is 4.99. The van der Waals surface area contributed by atoms with Crippen molar-refractivity contribution in [2.45, 2.75) is 25.0 Å². The van der Waals surface area contributed by atoms with Crippen molar-refractivity contribution >= 4 is 10.0 Å². The number of hydrogen-bond acceptors (Lipinski definition) is 6. The number of sulfonamides is 1. The van der Waals surface area contributed by atoms with Gasteiger partial charge in [0.1, 0.15) is 6.33 Å². The molecule has 0 saturated heterocycles. The summed E-state index contributed by atoms with van der Waals surface area (Å²) in [6.07, 6.45) is 3.06. The molecule has 8 nitrogen and oxygen atoms in total. The molecule has 0 fully saturated rings. The van der Waals surface area contributed by atoms with Gasteiger partial charge in [0.15, 0.2) is 10.9 Å². The first-order chi connectivity index (χ1) is 10.0. The summed E-state index contributed by atoms with van der Waals surface area (Å²) in [5, 5.41) is 7.14. The lowest BCUT2D eigenvalue weighted by molar-refractivity contribution is 0.574. The van der Waals surface area contributed by atoms with Crippen LogP contribution in [0.25, 0.3) is 0 Å². The van der Waals surface area contributed by atoms with Gasteiger partial charge in [0.25, 0.3) is 10.0 Å². The molecule has 0 aliphatic carbocycles. The Balaban J connectivity index is 2.01. The molecule has 0 amide bonds. The quantitative estimate of drug-likeness (QED) is 0.734. The highest BCUT2D eigenvalue weighted by Crippen LogP contribution is 2.07. The second kappa shape index (κ2) is 6.74. The number of aryl methyl sites for hydroxylation is 1. The fourth-order valence-electron chi connectivity index (χ4n) is 1.64. The van der Waals surface area contributed by atoms with Gasteiger partial charge in [0.2, 0.25) is 0 Å². The molecule has 21 heavy (non-hydrogen) atoms. The van der Waals surface area contributed by atoms with Gasteiger partial charge < -0.3 is 5.32 Å². The predicted octanol–water partition coefficient (Wildman–Crippen LogP) is -0.202. The van der Waals surface area contributed by atoms with Crippen molar-refractivity contribution < 1.29 is 8.42 Å². The van der Waals surface area contributed by atoms with E-state index < -0.39 is 10.0 Å². The molecule has 2 N–H and O–H groups in total. The van der Waals surface area contributed by atoms with Crippen LogP contribution in [0.5, 0.6) is 0 Å². The minimum absolute atomic E-state index is 0.0151. The van der Waals surface area contributed by atoms with Gasteiger partial charge in [-0.3, -0.25) is 4.68 Å². The molecule has 9 heteroatoms. The minimum atomic E-state index is -3.66. The first-order valence-corrected chi connectivity index (χ1v) is 7.99. The average molecular weight is 310 g/mol. The van der Waals surface area contributed by atoms with Crippen LogP contribution in [-0.2, 0) is 30.2 Å². The second-order valence-corrected chi connectivity index (χ2v) is 6.16. The summed E-state index contributed by atoms with van der Waals surface area (Å²) in [5.74, 6) is 0.407. The molecule has 2 rings (SSSR count). The number of nitrogens with one attached hydrogen (secondary N) is 2. The predicted molar refractivity (Wildman–Crippen MR) is 76.6 cm³/mol. The van der Waals surface area contributed by atoms with E-state index in [-0.39, 0.29) is 11.6 Å². The highest BCUT2D eigenvalue weighted by atomic mass is 32.2. The molecular formula is C12H18N6O2S. The van der Waals surface area contributed by atoms with Crippen molar-refractivity contribution in [3.63, 3.8) is 0 Å². The van der Waals surface area contributed by atoms with Gasteiger partial charge >= 0.3 is 0 Å². The highest BCUT2D eigenvalue weighted by molar-refractivity contribution is 7.89. The first kappa shape index (κ1) is 15.5. The summed E-state index contributed by atoms with van der Waals surface area (Å²) >= 11 is 0. The summed E-state index contributed by atoms with van der Waals surface area (Å²) in [7, 11) is -1.94. The first-order valence-electron chi connectivity index (χ1n) is 6.51. The second-order valence-electron chi connectivity index (χ2n) is 4.44. The van der Waals surface area contributed by atoms with Crippen molar-refractivity contribution in [1.82, 2.24) is 29.8 Å². The SMILES string of the molecule is CCNCc1ccc(S(=O)(=O)NCc2ncn(C)n2)nc1. The lowest BCUT2D eigenvalue weighted by Crippen LogP contribution is -2.25. The number of rotatable bonds is 7. The van der Waals surface area contributed by atoms with Crippen molar-refractivity contribution in [3.05, 3.63) is 36.0 Å². The van der Waals surface area contributed by atoms with Crippen LogP contribution in [-0.4, -0.2) is 34.7 Å². The van der Waals surface area contributed by atoms with Crippen LogP contribution in [0.4, 0.5) is 0 Å². The molecule has 114 valence electrons. The molecule has 0 aromatic carbocycles. The monoisotopic (exact) mass is 310 g/mol. The van der Waals surface area contributed by atoms with Crippen molar-refractivity contribution in [2.24, 2.45) is 7.05 Å². The molecule has 0 aliphatic heterocycles. The Morgan fingerprint density at radius 1 is 1.24 bits per heavy atom. The summed E-state index contributed by atoms with van der Waals surface area (Å²) in [6.45, 7) is 3.54. The number of hydrogen-bond donors (Lipinski definition) is 2. The van der Waals surface area contributed by atoms with Gasteiger partial charge in [0, 0.05) is 19.8 Å². The van der Waals surface area contributed by atoms with E-state index in [0.717, 1.165) is 12.1 Å². The summed E-state index contributed by atoms with van der Waals surface area (Å²) in [5.41, 5.74) is 0.933. The van der Waals surface area contributed by atoms with Gasteiger partial charge in [-0.25, -0.2) is 23.1 Å². The molecule has 0 spiro atoms. The lowest BCUT2D eigenvalue weighted by Gasteiger charge is -2.06. The molecule has 2 aromatic heterocycles. The van der Waals surface area contributed by atoms with Gasteiger partial charge in [0.05, 0.1) is 6.54 Å². The zero-order chi connectivity index (χ0) is 15.3. The Bertz CT molecular complexity index is 680. The third-order valence-corrected chi connectivity index (χ3v) is 4.04. The normalized spacial score (nSPS) is 11.7. The van der Waals surface area contributed by atoms with Crippen LogP contribution < -0.4 is 10.0 Å². The van der Waals surface area contributed by atoms with Crippen LogP contribution in [0.2, 0.25) is 0 Å². The van der Waals surface area contributed by atoms with E-state index >= 15 is 0 Å². The molecule has 2 aromatic rings. The maximum Gasteiger partial charge on any atom is 0.258 e. The van der Waals surface area contributed by atoms with E-state index in [4.69, 9.17) is 0 Å². The molecule has 0 bridgehead atoms. The largest absolute Gasteiger partial charge is 0.313 e. The van der Waals surface area contributed by atoms with Crippen molar-refractivity contribution in [1.29, 1.82) is 0 Å². The van der Waals surface area contributed by atoms with Gasteiger partial charge in [-0.2, -0.15) is 5.10 Å². The Labute approximate surface area is 123 Å². The average Bonchev–Trinajstić information content (AvgIpc) is 2.89. The zero-order valence-electron chi connectivity index (χ0n) is 11.9. The Hall–Kier alpha value is -1.84. The summed E-state index contributed by atoms with van der Waals surface area (Å²) in [4.78, 5) is 7.94. The molecule has 0 aliphatic rings. The smallest absolute Gasteiger partial charge is 0.258 e. The standard InChI is InChI=1S/C12H18N6O2S/c1-3-13-6-10-4-5-12(14-7-10)21(19,20)16-8-11-15-9-18(2)17-11/h4-5,7,9,13,16H,3,6,8H2,1-2H3. The number of nitrogens with zero attached hydrogens (tertiary/aromatic N) is 4. The summed E-state index contributed by atoms with van der Waals surface area (Å²) in [6, 6.07) is 3.23.